The van der Waals surface area contributed by atoms with Gasteiger partial charge in [-0.1, -0.05) is 0 Å². The number of halogens is 2. The van der Waals surface area contributed by atoms with Gasteiger partial charge in [0.05, 0.1) is 17.9 Å². The maximum absolute atomic E-state index is 13.4. The van der Waals surface area contributed by atoms with Gasteiger partial charge in [0.2, 0.25) is 0 Å². The van der Waals surface area contributed by atoms with Crippen LogP contribution in [0.2, 0.25) is 0 Å². The molecule has 0 fully saturated rings. The van der Waals surface area contributed by atoms with Gasteiger partial charge in [0, 0.05) is 11.6 Å². The number of nitrogens with zero attached hydrogens (tertiary/aromatic N) is 2. The van der Waals surface area contributed by atoms with Crippen LogP contribution in [0.5, 0.6) is 0 Å². The van der Waals surface area contributed by atoms with Gasteiger partial charge >= 0.3 is 0 Å². The van der Waals surface area contributed by atoms with Crippen LogP contribution in [0, 0.1) is 12.7 Å². The van der Waals surface area contributed by atoms with Crippen molar-refractivity contribution in [3.05, 3.63) is 30.0 Å². The molecule has 2 heterocycles. The highest BCUT2D eigenvalue weighted by atomic mass is 127. The summed E-state index contributed by atoms with van der Waals surface area (Å²) in [6.45, 7) is 1.86. The smallest absolute Gasteiger partial charge is 0.151 e. The van der Waals surface area contributed by atoms with Gasteiger partial charge in [-0.2, -0.15) is 0 Å². The molecule has 14 heavy (non-hydrogen) atoms. The molecule has 3 nitrogen and oxygen atoms in total. The molecular weight excluding hydrogens is 318 g/mol. The quantitative estimate of drug-likeness (QED) is 0.627. The molecular formula is C8H6FIN2OS. The molecule has 0 spiro atoms. The average molecular weight is 324 g/mol. The molecule has 2 rings (SSSR count). The summed E-state index contributed by atoms with van der Waals surface area (Å²) in [4.78, 5) is 3.80. The highest BCUT2D eigenvalue weighted by molar-refractivity contribution is 14.1. The minimum Gasteiger partial charge on any atom is -0.265 e. The summed E-state index contributed by atoms with van der Waals surface area (Å²) in [6.07, 6.45) is 4.65. The van der Waals surface area contributed by atoms with E-state index in [4.69, 9.17) is 2.51 Å². The summed E-state index contributed by atoms with van der Waals surface area (Å²) in [6, 6.07) is 0. The molecule has 0 radical (unpaired) electrons. The minimum atomic E-state index is -0.298. The summed E-state index contributed by atoms with van der Waals surface area (Å²) >= 11 is 2.90. The van der Waals surface area contributed by atoms with E-state index in [9.17, 15) is 4.39 Å². The van der Waals surface area contributed by atoms with Crippen LogP contribution >= 0.6 is 35.2 Å². The van der Waals surface area contributed by atoms with E-state index < -0.39 is 0 Å². The molecule has 0 amide bonds. The Morgan fingerprint density at radius 1 is 1.57 bits per heavy atom. The summed E-state index contributed by atoms with van der Waals surface area (Å²) in [5, 5.41) is 0.598. The molecule has 0 N–H and O–H groups in total. The molecule has 0 aliphatic rings. The van der Waals surface area contributed by atoms with Crippen LogP contribution in [0.25, 0.3) is 10.9 Å². The second kappa shape index (κ2) is 4.03. The van der Waals surface area contributed by atoms with Gasteiger partial charge in [-0.15, -0.1) is 0 Å². The molecule has 0 aromatic carbocycles. The van der Waals surface area contributed by atoms with Crippen LogP contribution in [-0.2, 0) is 2.51 Å². The summed E-state index contributed by atoms with van der Waals surface area (Å²) < 4.78 is 20.0. The number of pyridine rings is 1. The van der Waals surface area contributed by atoms with Gasteiger partial charge in [0.1, 0.15) is 35.2 Å². The second-order valence-electron chi connectivity index (χ2n) is 2.79. The van der Waals surface area contributed by atoms with Crippen molar-refractivity contribution in [3.63, 3.8) is 0 Å². The van der Waals surface area contributed by atoms with Crippen molar-refractivity contribution in [2.24, 2.45) is 0 Å². The zero-order valence-corrected chi connectivity index (χ0v) is 10.2. The number of hydrogen-bond donors (Lipinski definition) is 0. The molecule has 2 aromatic rings. The van der Waals surface area contributed by atoms with Crippen molar-refractivity contribution in [1.29, 1.82) is 0 Å². The van der Waals surface area contributed by atoms with Crippen molar-refractivity contribution in [2.45, 2.75) is 6.92 Å². The van der Waals surface area contributed by atoms with E-state index >= 15 is 0 Å². The SMILES string of the molecule is Cc1cn(SOI)c2cncc(F)c12. The van der Waals surface area contributed by atoms with Crippen LogP contribution in [0.4, 0.5) is 4.39 Å². The maximum atomic E-state index is 13.4. The Kier molecular flexibility index (Phi) is 2.93. The van der Waals surface area contributed by atoms with E-state index in [0.29, 0.717) is 5.39 Å². The standard InChI is InChI=1S/C8H6FIN2OS/c1-5-4-12(14-13-10)7-3-11-2-6(9)8(5)7/h2-4H,1H3. The molecule has 0 atom stereocenters. The average Bonchev–Trinajstić information content (AvgIpc) is 2.46. The number of hydrogen-bond acceptors (Lipinski definition) is 3. The molecule has 0 aliphatic heterocycles. The fraction of sp³-hybridized carbons (Fsp3) is 0.125. The zero-order chi connectivity index (χ0) is 10.1. The largest absolute Gasteiger partial charge is 0.265 e. The lowest BCUT2D eigenvalue weighted by atomic mass is 10.2. The van der Waals surface area contributed by atoms with Crippen molar-refractivity contribution >= 4 is 46.1 Å². The number of aryl methyl sites for hydroxylation is 1. The molecule has 6 heteroatoms. The fourth-order valence-corrected chi connectivity index (χ4v) is 2.38. The van der Waals surface area contributed by atoms with Gasteiger partial charge in [0.15, 0.2) is 5.82 Å². The topological polar surface area (TPSA) is 27.1 Å². The Morgan fingerprint density at radius 3 is 3.07 bits per heavy atom. The van der Waals surface area contributed by atoms with Gasteiger partial charge in [-0.25, -0.2) is 6.90 Å². The number of fused-ring (bicyclic) bond motifs is 1. The van der Waals surface area contributed by atoms with E-state index in [1.807, 2.05) is 13.1 Å². The first kappa shape index (κ1) is 10.2. The Hall–Kier alpha value is -0.340. The van der Waals surface area contributed by atoms with Crippen molar-refractivity contribution < 1.29 is 6.90 Å². The third-order valence-electron chi connectivity index (χ3n) is 1.93. The van der Waals surface area contributed by atoms with Crippen LogP contribution in [0.3, 0.4) is 0 Å². The van der Waals surface area contributed by atoms with Crippen molar-refractivity contribution in [2.75, 3.05) is 0 Å². The van der Waals surface area contributed by atoms with E-state index in [-0.39, 0.29) is 5.82 Å². The highest BCUT2D eigenvalue weighted by Crippen LogP contribution is 2.27. The Bertz CT molecular complexity index is 474. The molecule has 74 valence electrons. The van der Waals surface area contributed by atoms with Crippen LogP contribution in [0.15, 0.2) is 18.6 Å². The maximum Gasteiger partial charge on any atom is 0.151 e. The Labute approximate surface area is 98.7 Å². The van der Waals surface area contributed by atoms with Gasteiger partial charge in [-0.05, 0) is 12.5 Å². The molecule has 2 aromatic heterocycles. The van der Waals surface area contributed by atoms with Crippen molar-refractivity contribution in [3.8, 4) is 0 Å². The summed E-state index contributed by atoms with van der Waals surface area (Å²) in [7, 11) is 0. The third-order valence-corrected chi connectivity index (χ3v) is 2.93. The predicted octanol–water partition coefficient (Wildman–Crippen LogP) is 3.26. The monoisotopic (exact) mass is 324 g/mol. The number of rotatable bonds is 2. The molecule has 0 aliphatic carbocycles. The first-order valence-electron chi connectivity index (χ1n) is 3.81. The van der Waals surface area contributed by atoms with Gasteiger partial charge < -0.3 is 0 Å². The van der Waals surface area contributed by atoms with Crippen molar-refractivity contribution in [1.82, 2.24) is 8.96 Å². The minimum absolute atomic E-state index is 0.298. The molecule has 0 bridgehead atoms. The Morgan fingerprint density at radius 2 is 2.36 bits per heavy atom. The number of aromatic nitrogens is 2. The third kappa shape index (κ3) is 1.61. The van der Waals surface area contributed by atoms with Gasteiger partial charge in [0.25, 0.3) is 0 Å². The first-order chi connectivity index (χ1) is 6.74. The van der Waals surface area contributed by atoms with E-state index in [2.05, 4.69) is 4.98 Å². The lowest BCUT2D eigenvalue weighted by Gasteiger charge is -1.98. The zero-order valence-electron chi connectivity index (χ0n) is 7.20. The van der Waals surface area contributed by atoms with Crippen LogP contribution < -0.4 is 0 Å². The highest BCUT2D eigenvalue weighted by Gasteiger charge is 2.10. The van der Waals surface area contributed by atoms with E-state index in [0.717, 1.165) is 23.3 Å². The lowest BCUT2D eigenvalue weighted by Crippen LogP contribution is -1.85. The van der Waals surface area contributed by atoms with Crippen LogP contribution in [0.1, 0.15) is 5.56 Å². The normalized spacial score (nSPS) is 11.1. The molecule has 0 saturated heterocycles. The summed E-state index contributed by atoms with van der Waals surface area (Å²) in [5.74, 6) is -0.298. The van der Waals surface area contributed by atoms with Crippen LogP contribution in [-0.4, -0.2) is 8.96 Å². The fourth-order valence-electron chi connectivity index (χ4n) is 1.38. The lowest BCUT2D eigenvalue weighted by molar-refractivity contribution is 0.633. The second-order valence-corrected chi connectivity index (χ2v) is 4.54. The van der Waals surface area contributed by atoms with Gasteiger partial charge in [-0.3, -0.25) is 8.96 Å². The van der Waals surface area contributed by atoms with E-state index in [1.165, 1.54) is 6.20 Å². The van der Waals surface area contributed by atoms with E-state index in [1.54, 1.807) is 33.2 Å². The molecule has 0 unspecified atom stereocenters. The molecule has 0 saturated carbocycles. The predicted molar refractivity (Wildman–Crippen MR) is 62.5 cm³/mol. The first-order valence-corrected chi connectivity index (χ1v) is 5.39. The summed E-state index contributed by atoms with van der Waals surface area (Å²) in [5.41, 5.74) is 1.60. The Balaban J connectivity index is 2.71.